The van der Waals surface area contributed by atoms with Crippen molar-refractivity contribution in [2.45, 2.75) is 70.9 Å². The summed E-state index contributed by atoms with van der Waals surface area (Å²) in [6.07, 6.45) is 8.30. The van der Waals surface area contributed by atoms with Crippen LogP contribution in [0.5, 0.6) is 0 Å². The highest BCUT2D eigenvalue weighted by Crippen LogP contribution is 2.26. The molecule has 1 aliphatic carbocycles. The van der Waals surface area contributed by atoms with E-state index in [4.69, 9.17) is 5.73 Å². The second kappa shape index (κ2) is 6.89. The molecule has 1 rings (SSSR count). The highest BCUT2D eigenvalue weighted by Gasteiger charge is 2.21. The van der Waals surface area contributed by atoms with Gasteiger partial charge in [-0.1, -0.05) is 39.0 Å². The number of nitrogens with two attached hydrogens (primary N) is 1. The van der Waals surface area contributed by atoms with E-state index in [-0.39, 0.29) is 18.0 Å². The van der Waals surface area contributed by atoms with Crippen LogP contribution in [0.25, 0.3) is 0 Å². The first-order valence-corrected chi connectivity index (χ1v) is 6.69. The van der Waals surface area contributed by atoms with Crippen molar-refractivity contribution in [2.75, 3.05) is 0 Å². The second-order valence-corrected chi connectivity index (χ2v) is 5.16. The molecule has 3 N–H and O–H groups in total. The molecule has 1 fully saturated rings. The molecule has 0 saturated heterocycles. The average Bonchev–Trinajstić information content (AvgIpc) is 2.30. The molecule has 1 aliphatic rings. The SMILES string of the molecule is CCC(C)NC(=O)C(N)CC1CCCCC1. The summed E-state index contributed by atoms with van der Waals surface area (Å²) in [5.74, 6) is 0.700. The van der Waals surface area contributed by atoms with Crippen LogP contribution < -0.4 is 11.1 Å². The van der Waals surface area contributed by atoms with E-state index in [9.17, 15) is 4.79 Å². The summed E-state index contributed by atoms with van der Waals surface area (Å²) in [6.45, 7) is 4.09. The summed E-state index contributed by atoms with van der Waals surface area (Å²) in [6, 6.07) is -0.0676. The Balaban J connectivity index is 2.27. The van der Waals surface area contributed by atoms with E-state index in [2.05, 4.69) is 12.2 Å². The summed E-state index contributed by atoms with van der Waals surface area (Å²) in [5, 5.41) is 2.95. The Hall–Kier alpha value is -0.570. The van der Waals surface area contributed by atoms with Gasteiger partial charge >= 0.3 is 0 Å². The smallest absolute Gasteiger partial charge is 0.237 e. The molecule has 1 saturated carbocycles. The van der Waals surface area contributed by atoms with Crippen LogP contribution in [0.2, 0.25) is 0 Å². The number of hydrogen-bond acceptors (Lipinski definition) is 2. The first-order valence-electron chi connectivity index (χ1n) is 6.69. The molecule has 0 aliphatic heterocycles. The van der Waals surface area contributed by atoms with Crippen LogP contribution in [0.1, 0.15) is 58.8 Å². The van der Waals surface area contributed by atoms with Crippen molar-refractivity contribution in [3.8, 4) is 0 Å². The zero-order valence-corrected chi connectivity index (χ0v) is 10.7. The van der Waals surface area contributed by atoms with Crippen molar-refractivity contribution in [3.63, 3.8) is 0 Å². The normalized spacial score (nSPS) is 21.4. The lowest BCUT2D eigenvalue weighted by molar-refractivity contribution is -0.123. The van der Waals surface area contributed by atoms with Gasteiger partial charge in [-0.3, -0.25) is 4.79 Å². The van der Waals surface area contributed by atoms with Crippen LogP contribution >= 0.6 is 0 Å². The summed E-state index contributed by atoms with van der Waals surface area (Å²) in [4.78, 5) is 11.7. The van der Waals surface area contributed by atoms with Crippen molar-refractivity contribution in [3.05, 3.63) is 0 Å². The fraction of sp³-hybridized carbons (Fsp3) is 0.923. The molecule has 16 heavy (non-hydrogen) atoms. The van der Waals surface area contributed by atoms with Gasteiger partial charge in [0, 0.05) is 6.04 Å². The van der Waals surface area contributed by atoms with E-state index in [1.165, 1.54) is 32.1 Å². The van der Waals surface area contributed by atoms with Crippen molar-refractivity contribution < 1.29 is 4.79 Å². The number of amides is 1. The highest BCUT2D eigenvalue weighted by molar-refractivity contribution is 5.81. The van der Waals surface area contributed by atoms with Gasteiger partial charge in [-0.2, -0.15) is 0 Å². The molecular formula is C13H26N2O. The number of carbonyl (C=O) groups excluding carboxylic acids is 1. The topological polar surface area (TPSA) is 55.1 Å². The maximum Gasteiger partial charge on any atom is 0.237 e. The van der Waals surface area contributed by atoms with Crippen LogP contribution in [-0.4, -0.2) is 18.0 Å². The third kappa shape index (κ3) is 4.52. The number of carbonyl (C=O) groups is 1. The van der Waals surface area contributed by atoms with E-state index in [1.807, 2.05) is 6.92 Å². The minimum atomic E-state index is -0.308. The Bertz CT molecular complexity index is 212. The Morgan fingerprint density at radius 1 is 1.38 bits per heavy atom. The van der Waals surface area contributed by atoms with E-state index in [0.717, 1.165) is 12.8 Å². The fourth-order valence-corrected chi connectivity index (χ4v) is 2.34. The van der Waals surface area contributed by atoms with E-state index < -0.39 is 0 Å². The van der Waals surface area contributed by atoms with E-state index in [1.54, 1.807) is 0 Å². The van der Waals surface area contributed by atoms with Crippen molar-refractivity contribution in [2.24, 2.45) is 11.7 Å². The van der Waals surface area contributed by atoms with Gasteiger partial charge in [0.2, 0.25) is 5.91 Å². The van der Waals surface area contributed by atoms with Crippen molar-refractivity contribution in [1.82, 2.24) is 5.32 Å². The van der Waals surface area contributed by atoms with Crippen LogP contribution in [0.4, 0.5) is 0 Å². The summed E-state index contributed by atoms with van der Waals surface area (Å²) < 4.78 is 0. The van der Waals surface area contributed by atoms with Crippen LogP contribution in [0.3, 0.4) is 0 Å². The molecule has 0 aromatic carbocycles. The van der Waals surface area contributed by atoms with Gasteiger partial charge in [0.05, 0.1) is 6.04 Å². The van der Waals surface area contributed by atoms with E-state index >= 15 is 0 Å². The maximum absolute atomic E-state index is 11.7. The quantitative estimate of drug-likeness (QED) is 0.755. The van der Waals surface area contributed by atoms with Gasteiger partial charge in [0.1, 0.15) is 0 Å². The molecule has 0 heterocycles. The predicted molar refractivity (Wildman–Crippen MR) is 67.1 cm³/mol. The summed E-state index contributed by atoms with van der Waals surface area (Å²) in [7, 11) is 0. The lowest BCUT2D eigenvalue weighted by Gasteiger charge is -2.24. The predicted octanol–water partition coefficient (Wildman–Crippen LogP) is 2.20. The molecule has 1 amide bonds. The highest BCUT2D eigenvalue weighted by atomic mass is 16.2. The number of rotatable bonds is 5. The molecule has 2 unspecified atom stereocenters. The fourth-order valence-electron chi connectivity index (χ4n) is 2.34. The zero-order valence-electron chi connectivity index (χ0n) is 10.7. The molecule has 0 aromatic rings. The Kier molecular flexibility index (Phi) is 5.81. The third-order valence-electron chi connectivity index (χ3n) is 3.65. The van der Waals surface area contributed by atoms with Gasteiger partial charge < -0.3 is 11.1 Å². The molecule has 3 nitrogen and oxygen atoms in total. The minimum Gasteiger partial charge on any atom is -0.352 e. The van der Waals surface area contributed by atoms with Gasteiger partial charge in [0.25, 0.3) is 0 Å². The first kappa shape index (κ1) is 13.5. The number of nitrogens with one attached hydrogen (secondary N) is 1. The van der Waals surface area contributed by atoms with Crippen molar-refractivity contribution in [1.29, 1.82) is 0 Å². The Morgan fingerprint density at radius 3 is 2.56 bits per heavy atom. The lowest BCUT2D eigenvalue weighted by Crippen LogP contribution is -2.45. The molecule has 0 bridgehead atoms. The number of hydrogen-bond donors (Lipinski definition) is 2. The first-order chi connectivity index (χ1) is 7.63. The average molecular weight is 226 g/mol. The van der Waals surface area contributed by atoms with Crippen LogP contribution in [-0.2, 0) is 4.79 Å². The van der Waals surface area contributed by atoms with Crippen LogP contribution in [0.15, 0.2) is 0 Å². The maximum atomic E-state index is 11.7. The Labute approximate surface area is 99.2 Å². The summed E-state index contributed by atoms with van der Waals surface area (Å²) >= 11 is 0. The van der Waals surface area contributed by atoms with Gasteiger partial charge in [-0.25, -0.2) is 0 Å². The molecule has 2 atom stereocenters. The van der Waals surface area contributed by atoms with Gasteiger partial charge in [-0.05, 0) is 25.7 Å². The molecule has 0 aromatic heterocycles. The molecule has 3 heteroatoms. The van der Waals surface area contributed by atoms with Crippen molar-refractivity contribution >= 4 is 5.91 Å². The van der Waals surface area contributed by atoms with Gasteiger partial charge in [-0.15, -0.1) is 0 Å². The Morgan fingerprint density at radius 2 is 2.00 bits per heavy atom. The zero-order chi connectivity index (χ0) is 12.0. The standard InChI is InChI=1S/C13H26N2O/c1-3-10(2)15-13(16)12(14)9-11-7-5-4-6-8-11/h10-12H,3-9,14H2,1-2H3,(H,15,16). The third-order valence-corrected chi connectivity index (χ3v) is 3.65. The largest absolute Gasteiger partial charge is 0.352 e. The summed E-state index contributed by atoms with van der Waals surface area (Å²) in [5.41, 5.74) is 5.94. The molecule has 0 spiro atoms. The molecule has 0 radical (unpaired) electrons. The molecular weight excluding hydrogens is 200 g/mol. The molecule has 94 valence electrons. The lowest BCUT2D eigenvalue weighted by atomic mass is 9.85. The minimum absolute atomic E-state index is 0.0277. The van der Waals surface area contributed by atoms with Gasteiger partial charge in [0.15, 0.2) is 0 Å². The monoisotopic (exact) mass is 226 g/mol. The van der Waals surface area contributed by atoms with E-state index in [0.29, 0.717) is 5.92 Å². The van der Waals surface area contributed by atoms with Crippen LogP contribution in [0, 0.1) is 5.92 Å². The second-order valence-electron chi connectivity index (χ2n) is 5.16.